The average Bonchev–Trinajstić information content (AvgIpc) is 3.47. The largest absolute Gasteiger partial charge is 0.495 e. The Hall–Kier alpha value is -4.85. The van der Waals surface area contributed by atoms with Crippen molar-refractivity contribution < 1.29 is 18.7 Å². The van der Waals surface area contributed by atoms with Gasteiger partial charge in [0.2, 0.25) is 0 Å². The number of aromatic nitrogens is 2. The number of nitrogens with two attached hydrogens (primary N) is 1. The number of benzene rings is 2. The van der Waals surface area contributed by atoms with Crippen LogP contribution in [-0.4, -0.2) is 28.9 Å². The Bertz CT molecular complexity index is 1630. The number of furan rings is 1. The first-order valence-corrected chi connectivity index (χ1v) is 10.8. The minimum Gasteiger partial charge on any atom is -0.495 e. The number of allylic oxidation sites excluding steroid dienone is 1. The standard InChI is InChI=1S/C27H22N4O4/c1-31-21-8-4-3-6-17(21)12-22(31)27(33)30-20-10-9-16(13-23(20)34-2)19-15-35-25-18(7-5-11-32)14-29-26(28)24(19)25/h3-15H,1-2H3,(H2,28,29)(H,30,33)/b7-5+. The van der Waals surface area contributed by atoms with Crippen LogP contribution >= 0.6 is 0 Å². The molecule has 8 nitrogen and oxygen atoms in total. The summed E-state index contributed by atoms with van der Waals surface area (Å²) in [6.07, 6.45) is 6.80. The molecule has 0 aliphatic heterocycles. The van der Waals surface area contributed by atoms with Crippen LogP contribution in [0.1, 0.15) is 16.1 Å². The Kier molecular flexibility index (Phi) is 5.54. The lowest BCUT2D eigenvalue weighted by atomic mass is 10.0. The molecule has 8 heteroatoms. The van der Waals surface area contributed by atoms with Gasteiger partial charge in [0.1, 0.15) is 29.1 Å². The predicted octanol–water partition coefficient (Wildman–Crippen LogP) is 5.04. The molecular weight excluding hydrogens is 444 g/mol. The van der Waals surface area contributed by atoms with Gasteiger partial charge < -0.3 is 24.8 Å². The summed E-state index contributed by atoms with van der Waals surface area (Å²) in [6, 6.07) is 15.1. The zero-order chi connectivity index (χ0) is 24.5. The molecular formula is C27H22N4O4. The molecule has 0 bridgehead atoms. The van der Waals surface area contributed by atoms with Crippen LogP contribution in [0.15, 0.2) is 71.5 Å². The number of methoxy groups -OCH3 is 1. The summed E-state index contributed by atoms with van der Waals surface area (Å²) < 4.78 is 13.2. The van der Waals surface area contributed by atoms with Crippen LogP contribution in [0.4, 0.5) is 11.5 Å². The van der Waals surface area contributed by atoms with E-state index in [1.165, 1.54) is 13.2 Å². The second-order valence-corrected chi connectivity index (χ2v) is 7.96. The number of nitrogen functional groups attached to an aromatic ring is 1. The molecule has 0 aliphatic rings. The zero-order valence-corrected chi connectivity index (χ0v) is 19.1. The summed E-state index contributed by atoms with van der Waals surface area (Å²) in [4.78, 5) is 28.0. The van der Waals surface area contributed by atoms with Gasteiger partial charge in [-0.3, -0.25) is 9.59 Å². The summed E-state index contributed by atoms with van der Waals surface area (Å²) in [7, 11) is 3.40. The fourth-order valence-corrected chi connectivity index (χ4v) is 4.22. The van der Waals surface area contributed by atoms with Crippen LogP contribution in [0.5, 0.6) is 5.75 Å². The second-order valence-electron chi connectivity index (χ2n) is 7.96. The predicted molar refractivity (Wildman–Crippen MR) is 136 cm³/mol. The van der Waals surface area contributed by atoms with Gasteiger partial charge in [-0.1, -0.05) is 24.3 Å². The molecule has 0 atom stereocenters. The van der Waals surface area contributed by atoms with Gasteiger partial charge in [0.25, 0.3) is 5.91 Å². The molecule has 3 N–H and O–H groups in total. The lowest BCUT2D eigenvalue weighted by Crippen LogP contribution is -2.16. The smallest absolute Gasteiger partial charge is 0.272 e. The number of aryl methyl sites for hydroxylation is 1. The van der Waals surface area contributed by atoms with E-state index >= 15 is 0 Å². The van der Waals surface area contributed by atoms with Crippen LogP contribution in [0.25, 0.3) is 39.1 Å². The lowest BCUT2D eigenvalue weighted by Gasteiger charge is -2.12. The van der Waals surface area contributed by atoms with E-state index in [4.69, 9.17) is 14.9 Å². The first-order chi connectivity index (χ1) is 17.0. The van der Waals surface area contributed by atoms with Crippen molar-refractivity contribution in [1.82, 2.24) is 9.55 Å². The number of carbonyl (C=O) groups excluding carboxylic acids is 2. The number of hydrogen-bond donors (Lipinski definition) is 2. The molecule has 0 spiro atoms. The molecule has 35 heavy (non-hydrogen) atoms. The molecule has 0 unspecified atom stereocenters. The third-order valence-corrected chi connectivity index (χ3v) is 5.95. The van der Waals surface area contributed by atoms with E-state index < -0.39 is 0 Å². The Balaban J connectivity index is 1.51. The van der Waals surface area contributed by atoms with E-state index in [-0.39, 0.29) is 5.91 Å². The van der Waals surface area contributed by atoms with Crippen molar-refractivity contribution in [2.75, 3.05) is 18.2 Å². The Labute approximate surface area is 200 Å². The summed E-state index contributed by atoms with van der Waals surface area (Å²) in [5, 5.41) is 4.57. The fourth-order valence-electron chi connectivity index (χ4n) is 4.22. The maximum absolute atomic E-state index is 13.1. The molecule has 2 aromatic carbocycles. The van der Waals surface area contributed by atoms with Crippen LogP contribution in [0, 0.1) is 0 Å². The Morgan fingerprint density at radius 3 is 2.80 bits per heavy atom. The molecule has 0 saturated heterocycles. The molecule has 0 fully saturated rings. The normalized spacial score (nSPS) is 11.4. The van der Waals surface area contributed by atoms with E-state index in [0.717, 1.165) is 22.0 Å². The van der Waals surface area contributed by atoms with Gasteiger partial charge in [-0.25, -0.2) is 4.98 Å². The van der Waals surface area contributed by atoms with Crippen LogP contribution in [0.2, 0.25) is 0 Å². The highest BCUT2D eigenvalue weighted by Crippen LogP contribution is 2.38. The first-order valence-electron chi connectivity index (χ1n) is 10.8. The van der Waals surface area contributed by atoms with Crippen molar-refractivity contribution in [2.24, 2.45) is 7.05 Å². The minimum atomic E-state index is -0.247. The summed E-state index contributed by atoms with van der Waals surface area (Å²) >= 11 is 0. The number of pyridine rings is 1. The molecule has 3 aromatic heterocycles. The van der Waals surface area contributed by atoms with Gasteiger partial charge >= 0.3 is 0 Å². The zero-order valence-electron chi connectivity index (χ0n) is 19.1. The van der Waals surface area contributed by atoms with Gasteiger partial charge in [-0.2, -0.15) is 0 Å². The Morgan fingerprint density at radius 2 is 2.03 bits per heavy atom. The van der Waals surface area contributed by atoms with Crippen molar-refractivity contribution in [3.8, 4) is 16.9 Å². The molecule has 174 valence electrons. The molecule has 1 amide bonds. The van der Waals surface area contributed by atoms with Crippen molar-refractivity contribution in [3.63, 3.8) is 0 Å². The number of fused-ring (bicyclic) bond motifs is 2. The highest BCUT2D eigenvalue weighted by molar-refractivity contribution is 6.08. The van der Waals surface area contributed by atoms with Crippen molar-refractivity contribution in [1.29, 1.82) is 0 Å². The molecule has 5 aromatic rings. The van der Waals surface area contributed by atoms with E-state index in [0.29, 0.717) is 45.8 Å². The summed E-state index contributed by atoms with van der Waals surface area (Å²) in [5.41, 5.74) is 10.8. The molecule has 5 rings (SSSR count). The first kappa shape index (κ1) is 22.0. The highest BCUT2D eigenvalue weighted by Gasteiger charge is 2.18. The van der Waals surface area contributed by atoms with Gasteiger partial charge in [0, 0.05) is 35.3 Å². The third-order valence-electron chi connectivity index (χ3n) is 5.95. The third kappa shape index (κ3) is 3.80. The summed E-state index contributed by atoms with van der Waals surface area (Å²) in [5.74, 6) is 0.537. The van der Waals surface area contributed by atoms with E-state index in [2.05, 4.69) is 10.3 Å². The molecule has 3 heterocycles. The van der Waals surface area contributed by atoms with E-state index in [1.807, 2.05) is 48.0 Å². The van der Waals surface area contributed by atoms with E-state index in [9.17, 15) is 9.59 Å². The fraction of sp³-hybridized carbons (Fsp3) is 0.0741. The number of nitrogens with one attached hydrogen (secondary N) is 1. The van der Waals surface area contributed by atoms with Gasteiger partial charge in [0.05, 0.1) is 24.4 Å². The van der Waals surface area contributed by atoms with E-state index in [1.54, 1.807) is 30.7 Å². The van der Waals surface area contributed by atoms with Crippen molar-refractivity contribution in [2.45, 2.75) is 0 Å². The number of aldehydes is 1. The maximum Gasteiger partial charge on any atom is 0.272 e. The van der Waals surface area contributed by atoms with Crippen LogP contribution < -0.4 is 15.8 Å². The van der Waals surface area contributed by atoms with Gasteiger partial charge in [-0.15, -0.1) is 0 Å². The van der Waals surface area contributed by atoms with Crippen LogP contribution in [0.3, 0.4) is 0 Å². The van der Waals surface area contributed by atoms with Gasteiger partial charge in [0.15, 0.2) is 0 Å². The number of carbonyl (C=O) groups is 2. The maximum atomic E-state index is 13.1. The van der Waals surface area contributed by atoms with Crippen molar-refractivity contribution >= 4 is 51.6 Å². The monoisotopic (exact) mass is 466 g/mol. The van der Waals surface area contributed by atoms with Gasteiger partial charge in [-0.05, 0) is 42.0 Å². The number of hydrogen-bond acceptors (Lipinski definition) is 6. The molecule has 0 aliphatic carbocycles. The summed E-state index contributed by atoms with van der Waals surface area (Å²) in [6.45, 7) is 0. The number of nitrogens with zero attached hydrogens (tertiary/aromatic N) is 2. The number of amides is 1. The topological polar surface area (TPSA) is 112 Å². The van der Waals surface area contributed by atoms with Crippen molar-refractivity contribution in [3.05, 3.63) is 78.3 Å². The average molecular weight is 466 g/mol. The number of para-hydroxylation sites is 1. The molecule has 0 radical (unpaired) electrons. The van der Waals surface area contributed by atoms with Crippen LogP contribution in [-0.2, 0) is 11.8 Å². The molecule has 0 saturated carbocycles. The SMILES string of the molecule is COc1cc(-c2coc3c(/C=C/C=O)cnc(N)c23)ccc1NC(=O)c1cc2ccccc2n1C. The highest BCUT2D eigenvalue weighted by atomic mass is 16.5. The quantitative estimate of drug-likeness (QED) is 0.268. The second kappa shape index (κ2) is 8.83. The number of rotatable bonds is 6. The Morgan fingerprint density at radius 1 is 1.20 bits per heavy atom. The lowest BCUT2D eigenvalue weighted by molar-refractivity contribution is -0.104. The number of anilines is 2. The minimum absolute atomic E-state index is 0.247. The number of ether oxygens (including phenoxy) is 1.